The van der Waals surface area contributed by atoms with Crippen molar-refractivity contribution in [1.82, 2.24) is 15.5 Å². The molecule has 8 nitrogen and oxygen atoms in total. The monoisotopic (exact) mass is 450 g/mol. The first-order valence-corrected chi connectivity index (χ1v) is 10.7. The molecule has 10 heteroatoms. The summed E-state index contributed by atoms with van der Waals surface area (Å²) in [7, 11) is 3.32. The molecule has 30 heavy (non-hydrogen) atoms. The number of nitrogens with zero attached hydrogens (tertiary/aromatic N) is 2. The van der Waals surface area contributed by atoms with E-state index in [1.165, 1.54) is 4.90 Å². The quantitative estimate of drug-likeness (QED) is 0.645. The number of para-hydroxylation sites is 1. The van der Waals surface area contributed by atoms with Crippen LogP contribution >= 0.6 is 23.4 Å². The van der Waals surface area contributed by atoms with Gasteiger partial charge in [0, 0.05) is 51.6 Å². The smallest absolute Gasteiger partial charge is 0.290 e. The van der Waals surface area contributed by atoms with Crippen molar-refractivity contribution in [2.45, 2.75) is 25.3 Å². The van der Waals surface area contributed by atoms with Crippen LogP contribution < -0.4 is 15.5 Å². The molecule has 1 aromatic rings. The largest absolute Gasteiger partial charge is 0.368 e. The number of imide groups is 1. The van der Waals surface area contributed by atoms with Crippen LogP contribution in [-0.4, -0.2) is 61.1 Å². The van der Waals surface area contributed by atoms with E-state index in [4.69, 9.17) is 11.6 Å². The number of halogens is 1. The number of anilines is 1. The van der Waals surface area contributed by atoms with Crippen molar-refractivity contribution >= 4 is 58.1 Å². The molecule has 2 aliphatic heterocycles. The minimum Gasteiger partial charge on any atom is -0.368 e. The van der Waals surface area contributed by atoms with E-state index in [1.807, 2.05) is 6.07 Å². The molecule has 2 fully saturated rings. The van der Waals surface area contributed by atoms with Gasteiger partial charge in [-0.15, -0.1) is 0 Å². The summed E-state index contributed by atoms with van der Waals surface area (Å²) in [6, 6.07) is 5.33. The molecular weight excluding hydrogens is 428 g/mol. The average molecular weight is 451 g/mol. The zero-order valence-corrected chi connectivity index (χ0v) is 18.3. The lowest BCUT2D eigenvalue weighted by atomic mass is 10.1. The third-order valence-corrected chi connectivity index (χ3v) is 6.00. The van der Waals surface area contributed by atoms with Gasteiger partial charge in [-0.05, 0) is 30.3 Å². The van der Waals surface area contributed by atoms with Crippen molar-refractivity contribution < 1.29 is 19.2 Å². The minimum absolute atomic E-state index is 0.0607. The van der Waals surface area contributed by atoms with Crippen LogP contribution in [0.3, 0.4) is 0 Å². The van der Waals surface area contributed by atoms with Crippen molar-refractivity contribution in [3.63, 3.8) is 0 Å². The van der Waals surface area contributed by atoms with Crippen LogP contribution in [0.25, 0.3) is 6.08 Å². The SMILES string of the molecule is CN(C)C(=O)CCC(=O)N[C@H]1CCN(c2c(Cl)cccc2/C=C2\SC(=O)NC2=O)C1. The van der Waals surface area contributed by atoms with Crippen LogP contribution in [0.5, 0.6) is 0 Å². The lowest BCUT2D eigenvalue weighted by Crippen LogP contribution is -2.37. The Morgan fingerprint density at radius 3 is 2.77 bits per heavy atom. The Labute approximate surface area is 184 Å². The summed E-state index contributed by atoms with van der Waals surface area (Å²) in [5, 5.41) is 5.35. The fraction of sp³-hybridized carbons (Fsp3) is 0.400. The Morgan fingerprint density at radius 2 is 2.10 bits per heavy atom. The molecule has 2 saturated heterocycles. The lowest BCUT2D eigenvalue weighted by Gasteiger charge is -2.23. The minimum atomic E-state index is -0.422. The number of thioether (sulfide) groups is 1. The van der Waals surface area contributed by atoms with E-state index in [0.29, 0.717) is 23.0 Å². The van der Waals surface area contributed by atoms with Gasteiger partial charge in [0.25, 0.3) is 11.1 Å². The molecule has 0 spiro atoms. The zero-order valence-electron chi connectivity index (χ0n) is 16.7. The summed E-state index contributed by atoms with van der Waals surface area (Å²) in [4.78, 5) is 51.0. The summed E-state index contributed by atoms with van der Waals surface area (Å²) >= 11 is 7.31. The van der Waals surface area contributed by atoms with E-state index in [-0.39, 0.29) is 30.7 Å². The highest BCUT2D eigenvalue weighted by molar-refractivity contribution is 8.18. The summed E-state index contributed by atoms with van der Waals surface area (Å²) < 4.78 is 0. The van der Waals surface area contributed by atoms with Crippen LogP contribution in [0, 0.1) is 0 Å². The second-order valence-corrected chi connectivity index (χ2v) is 8.74. The molecule has 0 radical (unpaired) electrons. The van der Waals surface area contributed by atoms with Gasteiger partial charge in [-0.2, -0.15) is 0 Å². The molecule has 1 aromatic carbocycles. The fourth-order valence-electron chi connectivity index (χ4n) is 3.37. The van der Waals surface area contributed by atoms with Gasteiger partial charge in [-0.25, -0.2) is 0 Å². The van der Waals surface area contributed by atoms with E-state index in [0.717, 1.165) is 29.4 Å². The van der Waals surface area contributed by atoms with Crippen molar-refractivity contribution in [2.75, 3.05) is 32.1 Å². The predicted molar refractivity (Wildman–Crippen MR) is 117 cm³/mol. The van der Waals surface area contributed by atoms with E-state index < -0.39 is 11.1 Å². The van der Waals surface area contributed by atoms with Crippen LogP contribution in [-0.2, 0) is 14.4 Å². The Kier molecular flexibility index (Phi) is 7.04. The van der Waals surface area contributed by atoms with Gasteiger partial charge < -0.3 is 15.1 Å². The summed E-state index contributed by atoms with van der Waals surface area (Å²) in [6.07, 6.45) is 2.72. The van der Waals surface area contributed by atoms with Crippen LogP contribution in [0.4, 0.5) is 10.5 Å². The third kappa shape index (κ3) is 5.34. The Morgan fingerprint density at radius 1 is 1.33 bits per heavy atom. The Hall–Kier alpha value is -2.52. The van der Waals surface area contributed by atoms with Gasteiger partial charge >= 0.3 is 0 Å². The molecule has 3 rings (SSSR count). The molecule has 160 valence electrons. The maximum atomic E-state index is 12.2. The highest BCUT2D eigenvalue weighted by Crippen LogP contribution is 2.36. The first-order valence-electron chi connectivity index (χ1n) is 9.52. The molecule has 0 aliphatic carbocycles. The number of carbonyl (C=O) groups excluding carboxylic acids is 4. The van der Waals surface area contributed by atoms with Gasteiger partial charge in [0.1, 0.15) is 0 Å². The van der Waals surface area contributed by atoms with Crippen molar-refractivity contribution in [2.24, 2.45) is 0 Å². The van der Waals surface area contributed by atoms with Crippen LogP contribution in [0.2, 0.25) is 5.02 Å². The maximum absolute atomic E-state index is 12.2. The number of rotatable bonds is 6. The number of carbonyl (C=O) groups is 4. The fourth-order valence-corrected chi connectivity index (χ4v) is 4.34. The molecule has 2 heterocycles. The summed E-state index contributed by atoms with van der Waals surface area (Å²) in [5.41, 5.74) is 1.50. The zero-order chi connectivity index (χ0) is 21.8. The lowest BCUT2D eigenvalue weighted by molar-refractivity contribution is -0.131. The molecular formula is C20H23ClN4O4S. The number of amides is 4. The van der Waals surface area contributed by atoms with Gasteiger partial charge in [-0.3, -0.25) is 24.5 Å². The highest BCUT2D eigenvalue weighted by atomic mass is 35.5. The molecule has 2 aliphatic rings. The number of nitrogens with one attached hydrogen (secondary N) is 2. The molecule has 4 amide bonds. The molecule has 0 saturated carbocycles. The summed E-state index contributed by atoms with van der Waals surface area (Å²) in [6.45, 7) is 1.24. The van der Waals surface area contributed by atoms with E-state index in [2.05, 4.69) is 15.5 Å². The standard InChI is InChI=1S/C20H23ClN4O4S/c1-24(2)17(27)7-6-16(26)22-13-8-9-25(11-13)18-12(4-3-5-14(18)21)10-15-19(28)23-20(29)30-15/h3-5,10,13H,6-9,11H2,1-2H3,(H,22,26)(H,23,28,29)/b15-10-/t13-/m0/s1. The normalized spacial score (nSPS) is 19.9. The first kappa shape index (κ1) is 22.2. The van der Waals surface area contributed by atoms with E-state index >= 15 is 0 Å². The second-order valence-electron chi connectivity index (χ2n) is 7.32. The first-order chi connectivity index (χ1) is 14.2. The van der Waals surface area contributed by atoms with Crippen LogP contribution in [0.15, 0.2) is 23.1 Å². The van der Waals surface area contributed by atoms with E-state index in [1.54, 1.807) is 32.3 Å². The molecule has 2 N–H and O–H groups in total. The predicted octanol–water partition coefficient (Wildman–Crippen LogP) is 2.23. The van der Waals surface area contributed by atoms with Crippen molar-refractivity contribution in [3.8, 4) is 0 Å². The molecule has 1 atom stereocenters. The van der Waals surface area contributed by atoms with Gasteiger partial charge in [0.05, 0.1) is 15.6 Å². The van der Waals surface area contributed by atoms with Crippen molar-refractivity contribution in [1.29, 1.82) is 0 Å². The number of benzene rings is 1. The number of hydrogen-bond acceptors (Lipinski definition) is 6. The van der Waals surface area contributed by atoms with Crippen LogP contribution in [0.1, 0.15) is 24.8 Å². The molecule has 0 aromatic heterocycles. The van der Waals surface area contributed by atoms with E-state index in [9.17, 15) is 19.2 Å². The van der Waals surface area contributed by atoms with Gasteiger partial charge in [0.15, 0.2) is 0 Å². The van der Waals surface area contributed by atoms with Gasteiger partial charge in [0.2, 0.25) is 11.8 Å². The number of hydrogen-bond donors (Lipinski definition) is 2. The average Bonchev–Trinajstić information content (AvgIpc) is 3.25. The third-order valence-electron chi connectivity index (χ3n) is 4.88. The molecule has 0 unspecified atom stereocenters. The Balaban J connectivity index is 1.67. The highest BCUT2D eigenvalue weighted by Gasteiger charge is 2.29. The molecule has 0 bridgehead atoms. The second kappa shape index (κ2) is 9.53. The maximum Gasteiger partial charge on any atom is 0.290 e. The summed E-state index contributed by atoms with van der Waals surface area (Å²) in [5.74, 6) is -0.662. The Bertz CT molecular complexity index is 918. The topological polar surface area (TPSA) is 98.8 Å². The van der Waals surface area contributed by atoms with Crippen molar-refractivity contribution in [3.05, 3.63) is 33.7 Å². The van der Waals surface area contributed by atoms with Gasteiger partial charge in [-0.1, -0.05) is 23.7 Å².